The van der Waals surface area contributed by atoms with Crippen molar-refractivity contribution in [3.8, 4) is 5.75 Å². The van der Waals surface area contributed by atoms with Gasteiger partial charge in [-0.1, -0.05) is 12.1 Å². The van der Waals surface area contributed by atoms with Gasteiger partial charge in [0.05, 0.1) is 25.8 Å². The molecule has 172 valence electrons. The number of amides is 1. The quantitative estimate of drug-likeness (QED) is 0.584. The lowest BCUT2D eigenvalue weighted by Gasteiger charge is -2.24. The van der Waals surface area contributed by atoms with Crippen molar-refractivity contribution in [2.45, 2.75) is 19.9 Å². The van der Waals surface area contributed by atoms with E-state index in [1.807, 2.05) is 37.4 Å². The number of likely N-dealkylation sites (N-methyl/N-ethyl adjacent to an activating group) is 1. The summed E-state index contributed by atoms with van der Waals surface area (Å²) in [5.41, 5.74) is 1.50. The van der Waals surface area contributed by atoms with Crippen molar-refractivity contribution in [3.05, 3.63) is 53.7 Å². The number of esters is 1. The molecule has 1 aromatic heterocycles. The smallest absolute Gasteiger partial charge is 0.339 e. The van der Waals surface area contributed by atoms with Gasteiger partial charge in [-0.05, 0) is 43.2 Å². The summed E-state index contributed by atoms with van der Waals surface area (Å²) in [5.74, 6) is 1.37. The molecule has 32 heavy (non-hydrogen) atoms. The molecular weight excluding hydrogens is 408 g/mol. The van der Waals surface area contributed by atoms with E-state index in [1.54, 1.807) is 31.2 Å². The van der Waals surface area contributed by atoms with Crippen molar-refractivity contribution in [2.24, 2.45) is 0 Å². The van der Waals surface area contributed by atoms with Crippen molar-refractivity contribution in [1.82, 2.24) is 14.8 Å². The first kappa shape index (κ1) is 23.5. The SMILES string of the molecule is CCOC(=O)c1ccc(N2CCCN(CC(=O)N(C)Cc3cccc(OC)c3)CC2)nc1. The van der Waals surface area contributed by atoms with Gasteiger partial charge in [0.15, 0.2) is 0 Å². The lowest BCUT2D eigenvalue weighted by Crippen LogP contribution is -2.40. The van der Waals surface area contributed by atoms with Crippen LogP contribution in [-0.2, 0) is 16.1 Å². The molecule has 2 aromatic rings. The number of rotatable bonds is 8. The minimum Gasteiger partial charge on any atom is -0.497 e. The van der Waals surface area contributed by atoms with Gasteiger partial charge in [-0.25, -0.2) is 9.78 Å². The molecule has 1 fully saturated rings. The van der Waals surface area contributed by atoms with E-state index in [9.17, 15) is 9.59 Å². The summed E-state index contributed by atoms with van der Waals surface area (Å²) in [5, 5.41) is 0. The van der Waals surface area contributed by atoms with Gasteiger partial charge in [0.1, 0.15) is 11.6 Å². The Morgan fingerprint density at radius 3 is 2.69 bits per heavy atom. The Morgan fingerprint density at radius 1 is 1.12 bits per heavy atom. The number of methoxy groups -OCH3 is 1. The van der Waals surface area contributed by atoms with E-state index in [0.717, 1.165) is 49.7 Å². The highest BCUT2D eigenvalue weighted by Crippen LogP contribution is 2.16. The van der Waals surface area contributed by atoms with Crippen LogP contribution in [0.4, 0.5) is 5.82 Å². The third-order valence-electron chi connectivity index (χ3n) is 5.51. The van der Waals surface area contributed by atoms with Gasteiger partial charge in [-0.3, -0.25) is 9.69 Å². The number of benzene rings is 1. The molecule has 1 aliphatic rings. The second kappa shape index (κ2) is 11.5. The average molecular weight is 441 g/mol. The number of hydrogen-bond donors (Lipinski definition) is 0. The molecule has 0 radical (unpaired) electrons. The van der Waals surface area contributed by atoms with Crippen LogP contribution in [0.1, 0.15) is 29.3 Å². The predicted molar refractivity (Wildman–Crippen MR) is 123 cm³/mol. The number of carbonyl (C=O) groups excluding carboxylic acids is 2. The Balaban J connectivity index is 1.51. The standard InChI is InChI=1S/C24H32N4O4/c1-4-32-24(30)20-9-10-22(25-16-20)28-12-6-11-27(13-14-28)18-23(29)26(2)17-19-7-5-8-21(15-19)31-3/h5,7-10,15-16H,4,6,11-14,17-18H2,1-3H3. The van der Waals surface area contributed by atoms with E-state index in [0.29, 0.717) is 25.3 Å². The Labute approximate surface area is 189 Å². The summed E-state index contributed by atoms with van der Waals surface area (Å²) < 4.78 is 10.3. The summed E-state index contributed by atoms with van der Waals surface area (Å²) in [7, 11) is 3.47. The minimum atomic E-state index is -0.356. The molecule has 1 amide bonds. The Kier molecular flexibility index (Phi) is 8.44. The zero-order valence-corrected chi connectivity index (χ0v) is 19.1. The first-order chi connectivity index (χ1) is 15.5. The fourth-order valence-electron chi connectivity index (χ4n) is 3.71. The maximum atomic E-state index is 12.8. The molecule has 8 nitrogen and oxygen atoms in total. The van der Waals surface area contributed by atoms with Crippen LogP contribution >= 0.6 is 0 Å². The Bertz CT molecular complexity index is 903. The van der Waals surface area contributed by atoms with Crippen LogP contribution < -0.4 is 9.64 Å². The summed E-state index contributed by atoms with van der Waals surface area (Å²) in [4.78, 5) is 35.2. The van der Waals surface area contributed by atoms with E-state index >= 15 is 0 Å². The van der Waals surface area contributed by atoms with E-state index in [4.69, 9.17) is 9.47 Å². The highest BCUT2D eigenvalue weighted by molar-refractivity contribution is 5.89. The van der Waals surface area contributed by atoms with Crippen LogP contribution in [0.2, 0.25) is 0 Å². The summed E-state index contributed by atoms with van der Waals surface area (Å²) in [6.45, 7) is 6.33. The first-order valence-corrected chi connectivity index (χ1v) is 11.0. The van der Waals surface area contributed by atoms with E-state index in [2.05, 4.69) is 14.8 Å². The van der Waals surface area contributed by atoms with Crippen LogP contribution in [-0.4, -0.2) is 80.1 Å². The summed E-state index contributed by atoms with van der Waals surface area (Å²) >= 11 is 0. The first-order valence-electron chi connectivity index (χ1n) is 11.0. The van der Waals surface area contributed by atoms with Crippen LogP contribution in [0.5, 0.6) is 5.75 Å². The van der Waals surface area contributed by atoms with Crippen LogP contribution in [0.25, 0.3) is 0 Å². The number of aromatic nitrogens is 1. The monoisotopic (exact) mass is 440 g/mol. The Morgan fingerprint density at radius 2 is 1.97 bits per heavy atom. The van der Waals surface area contributed by atoms with Crippen LogP contribution in [0, 0.1) is 0 Å². The molecule has 0 saturated carbocycles. The third-order valence-corrected chi connectivity index (χ3v) is 5.51. The fourth-order valence-corrected chi connectivity index (χ4v) is 3.71. The van der Waals surface area contributed by atoms with E-state index in [-0.39, 0.29) is 11.9 Å². The molecule has 2 heterocycles. The zero-order valence-electron chi connectivity index (χ0n) is 19.1. The van der Waals surface area contributed by atoms with Gasteiger partial charge in [-0.2, -0.15) is 0 Å². The lowest BCUT2D eigenvalue weighted by atomic mass is 10.2. The number of nitrogens with zero attached hydrogens (tertiary/aromatic N) is 4. The normalized spacial score (nSPS) is 14.5. The van der Waals surface area contributed by atoms with Gasteiger partial charge in [0.25, 0.3) is 0 Å². The highest BCUT2D eigenvalue weighted by Gasteiger charge is 2.20. The number of anilines is 1. The molecule has 8 heteroatoms. The lowest BCUT2D eigenvalue weighted by molar-refractivity contribution is -0.131. The fraction of sp³-hybridized carbons (Fsp3) is 0.458. The molecule has 0 atom stereocenters. The number of carbonyl (C=O) groups is 2. The average Bonchev–Trinajstić information content (AvgIpc) is 3.05. The van der Waals surface area contributed by atoms with Gasteiger partial charge in [0.2, 0.25) is 5.91 Å². The maximum absolute atomic E-state index is 12.8. The second-order valence-electron chi connectivity index (χ2n) is 7.84. The maximum Gasteiger partial charge on any atom is 0.339 e. The molecule has 0 aliphatic carbocycles. The molecule has 1 aromatic carbocycles. The van der Waals surface area contributed by atoms with Crippen LogP contribution in [0.3, 0.4) is 0 Å². The number of hydrogen-bond acceptors (Lipinski definition) is 7. The van der Waals surface area contributed by atoms with Gasteiger partial charge in [0, 0.05) is 46.0 Å². The topological polar surface area (TPSA) is 75.2 Å². The number of ether oxygens (including phenoxy) is 2. The highest BCUT2D eigenvalue weighted by atomic mass is 16.5. The molecule has 0 spiro atoms. The Hall–Kier alpha value is -3.13. The zero-order chi connectivity index (χ0) is 22.9. The van der Waals surface area contributed by atoms with Gasteiger partial charge < -0.3 is 19.3 Å². The third kappa shape index (κ3) is 6.43. The van der Waals surface area contributed by atoms with Crippen molar-refractivity contribution in [2.75, 3.05) is 58.4 Å². The van der Waals surface area contributed by atoms with E-state index in [1.165, 1.54) is 0 Å². The molecule has 1 saturated heterocycles. The summed E-state index contributed by atoms with van der Waals surface area (Å²) in [6, 6.07) is 11.4. The molecule has 1 aliphatic heterocycles. The molecular formula is C24H32N4O4. The molecule has 3 rings (SSSR count). The second-order valence-corrected chi connectivity index (χ2v) is 7.84. The molecule has 0 bridgehead atoms. The van der Waals surface area contributed by atoms with Crippen molar-refractivity contribution >= 4 is 17.7 Å². The van der Waals surface area contributed by atoms with Crippen LogP contribution in [0.15, 0.2) is 42.6 Å². The van der Waals surface area contributed by atoms with Crippen molar-refractivity contribution < 1.29 is 19.1 Å². The predicted octanol–water partition coefficient (Wildman–Crippen LogP) is 2.44. The molecule has 0 unspecified atom stereocenters. The van der Waals surface area contributed by atoms with Gasteiger partial charge in [-0.15, -0.1) is 0 Å². The minimum absolute atomic E-state index is 0.0955. The van der Waals surface area contributed by atoms with Gasteiger partial charge >= 0.3 is 5.97 Å². The van der Waals surface area contributed by atoms with E-state index < -0.39 is 0 Å². The summed E-state index contributed by atoms with van der Waals surface area (Å²) in [6.07, 6.45) is 2.50. The number of pyridine rings is 1. The van der Waals surface area contributed by atoms with Crippen molar-refractivity contribution in [1.29, 1.82) is 0 Å². The van der Waals surface area contributed by atoms with Crippen molar-refractivity contribution in [3.63, 3.8) is 0 Å². The largest absolute Gasteiger partial charge is 0.497 e. The molecule has 0 N–H and O–H groups in total.